The molecule has 2 amide bonds. The maximum atomic E-state index is 12.5. The van der Waals surface area contributed by atoms with Crippen molar-refractivity contribution in [2.45, 2.75) is 13.0 Å². The molecule has 1 aromatic heterocycles. The lowest BCUT2D eigenvalue weighted by Gasteiger charge is -2.11. The second kappa shape index (κ2) is 10.1. The van der Waals surface area contributed by atoms with Crippen molar-refractivity contribution in [2.24, 2.45) is 0 Å². The highest BCUT2D eigenvalue weighted by molar-refractivity contribution is 6.31. The molecule has 10 heteroatoms. The maximum absolute atomic E-state index is 12.5. The second-order valence-electron chi connectivity index (χ2n) is 7.47. The summed E-state index contributed by atoms with van der Waals surface area (Å²) >= 11 is 6.13. The number of para-hydroxylation sites is 1. The van der Waals surface area contributed by atoms with Gasteiger partial charge in [0.25, 0.3) is 11.6 Å². The van der Waals surface area contributed by atoms with Gasteiger partial charge in [0, 0.05) is 40.3 Å². The highest BCUT2D eigenvalue weighted by atomic mass is 35.5. The minimum absolute atomic E-state index is 0.0300. The third kappa shape index (κ3) is 5.16. The zero-order valence-corrected chi connectivity index (χ0v) is 18.6. The molecule has 0 fully saturated rings. The van der Waals surface area contributed by atoms with E-state index < -0.39 is 16.7 Å². The van der Waals surface area contributed by atoms with Crippen LogP contribution in [0.25, 0.3) is 10.9 Å². The fourth-order valence-electron chi connectivity index (χ4n) is 3.50. The smallest absolute Gasteiger partial charge is 0.293 e. The van der Waals surface area contributed by atoms with Crippen LogP contribution in [0.3, 0.4) is 0 Å². The fraction of sp³-hybridized carbons (Fsp3) is 0.0833. The number of nitrogens with zero attached hydrogens (tertiary/aromatic N) is 1. The number of hydrazine groups is 1. The van der Waals surface area contributed by atoms with E-state index in [9.17, 15) is 19.7 Å². The first-order chi connectivity index (χ1) is 16.4. The third-order valence-corrected chi connectivity index (χ3v) is 5.59. The van der Waals surface area contributed by atoms with E-state index in [1.165, 1.54) is 12.1 Å². The molecule has 0 spiro atoms. The summed E-state index contributed by atoms with van der Waals surface area (Å²) in [6.45, 7) is 0.274. The molecule has 4 N–H and O–H groups in total. The Kier molecular flexibility index (Phi) is 6.74. The minimum Gasteiger partial charge on any atom is -0.375 e. The minimum atomic E-state index is -0.673. The van der Waals surface area contributed by atoms with Gasteiger partial charge in [0.05, 0.1) is 11.3 Å². The Hall–Kier alpha value is -4.37. The molecule has 0 unspecified atom stereocenters. The van der Waals surface area contributed by atoms with Gasteiger partial charge in [-0.25, -0.2) is 0 Å². The highest BCUT2D eigenvalue weighted by Gasteiger charge is 2.18. The molecule has 0 saturated heterocycles. The molecule has 1 heterocycles. The van der Waals surface area contributed by atoms with E-state index in [2.05, 4.69) is 21.2 Å². The predicted octanol–water partition coefficient (Wildman–Crippen LogP) is 4.35. The molecule has 0 aliphatic heterocycles. The van der Waals surface area contributed by atoms with Crippen molar-refractivity contribution in [3.8, 4) is 0 Å². The standard InChI is InChI=1S/C24H20ClN5O4/c25-19-7-3-1-5-16(19)13-27-21-10-9-15(11-22(21)30(33)34)24(32)29-28-23(31)12-17-14-26-20-8-4-2-6-18(17)20/h1-11,14,26-27H,12-13H2,(H,28,31)(H,29,32). The number of carbonyl (C=O) groups is 2. The summed E-state index contributed by atoms with van der Waals surface area (Å²) in [4.78, 5) is 38.8. The van der Waals surface area contributed by atoms with Crippen molar-refractivity contribution in [1.29, 1.82) is 0 Å². The van der Waals surface area contributed by atoms with Gasteiger partial charge in [0.1, 0.15) is 5.69 Å². The lowest BCUT2D eigenvalue weighted by atomic mass is 10.1. The molecule has 4 rings (SSSR count). The van der Waals surface area contributed by atoms with Gasteiger partial charge in [-0.2, -0.15) is 0 Å². The molecule has 0 aliphatic carbocycles. The average molecular weight is 478 g/mol. The van der Waals surface area contributed by atoms with Crippen LogP contribution in [0.5, 0.6) is 0 Å². The number of nitrogens with one attached hydrogen (secondary N) is 4. The Morgan fingerprint density at radius 1 is 0.971 bits per heavy atom. The third-order valence-electron chi connectivity index (χ3n) is 5.23. The van der Waals surface area contributed by atoms with Crippen LogP contribution < -0.4 is 16.2 Å². The molecule has 9 nitrogen and oxygen atoms in total. The van der Waals surface area contributed by atoms with E-state index in [1.807, 2.05) is 36.4 Å². The number of nitro benzene ring substituents is 1. The van der Waals surface area contributed by atoms with E-state index in [0.29, 0.717) is 5.02 Å². The largest absolute Gasteiger partial charge is 0.375 e. The lowest BCUT2D eigenvalue weighted by Crippen LogP contribution is -2.42. The topological polar surface area (TPSA) is 129 Å². The maximum Gasteiger partial charge on any atom is 0.293 e. The van der Waals surface area contributed by atoms with Gasteiger partial charge in [0.2, 0.25) is 5.91 Å². The quantitative estimate of drug-likeness (QED) is 0.232. The van der Waals surface area contributed by atoms with E-state index in [-0.39, 0.29) is 29.9 Å². The summed E-state index contributed by atoms with van der Waals surface area (Å²) in [6, 6.07) is 18.7. The Labute approximate surface area is 199 Å². The number of hydrogen-bond acceptors (Lipinski definition) is 5. The first-order valence-electron chi connectivity index (χ1n) is 10.3. The number of halogens is 1. The Bertz CT molecular complexity index is 1380. The highest BCUT2D eigenvalue weighted by Crippen LogP contribution is 2.27. The summed E-state index contributed by atoms with van der Waals surface area (Å²) in [5.74, 6) is -1.10. The van der Waals surface area contributed by atoms with E-state index >= 15 is 0 Å². The number of carbonyl (C=O) groups excluding carboxylic acids is 2. The number of benzene rings is 3. The van der Waals surface area contributed by atoms with Gasteiger partial charge in [-0.15, -0.1) is 0 Å². The van der Waals surface area contributed by atoms with Crippen LogP contribution in [0.2, 0.25) is 5.02 Å². The van der Waals surface area contributed by atoms with E-state index in [0.717, 1.165) is 28.1 Å². The van der Waals surface area contributed by atoms with Crippen molar-refractivity contribution >= 4 is 45.7 Å². The summed E-state index contributed by atoms with van der Waals surface area (Å²) in [5.41, 5.74) is 7.11. The van der Waals surface area contributed by atoms with Crippen LogP contribution in [0.1, 0.15) is 21.5 Å². The number of fused-ring (bicyclic) bond motifs is 1. The fourth-order valence-corrected chi connectivity index (χ4v) is 3.70. The van der Waals surface area contributed by atoms with E-state index in [4.69, 9.17) is 11.6 Å². The molecule has 0 atom stereocenters. The van der Waals surface area contributed by atoms with Crippen LogP contribution in [0.4, 0.5) is 11.4 Å². The number of hydrogen-bond donors (Lipinski definition) is 4. The Morgan fingerprint density at radius 3 is 2.53 bits per heavy atom. The zero-order chi connectivity index (χ0) is 24.1. The number of H-pyrrole nitrogens is 1. The molecular weight excluding hydrogens is 458 g/mol. The van der Waals surface area contributed by atoms with Gasteiger partial charge in [-0.1, -0.05) is 48.0 Å². The summed E-state index contributed by atoms with van der Waals surface area (Å²) in [7, 11) is 0. The van der Waals surface area contributed by atoms with Gasteiger partial charge in [-0.3, -0.25) is 30.6 Å². The number of aromatic nitrogens is 1. The molecule has 3 aromatic carbocycles. The number of nitro groups is 1. The molecular formula is C24H20ClN5O4. The predicted molar refractivity (Wildman–Crippen MR) is 129 cm³/mol. The lowest BCUT2D eigenvalue weighted by molar-refractivity contribution is -0.384. The van der Waals surface area contributed by atoms with Crippen LogP contribution in [-0.2, 0) is 17.8 Å². The zero-order valence-electron chi connectivity index (χ0n) is 17.8. The van der Waals surface area contributed by atoms with Crippen molar-refractivity contribution in [1.82, 2.24) is 15.8 Å². The molecule has 172 valence electrons. The number of rotatable bonds is 7. The number of aromatic amines is 1. The van der Waals surface area contributed by atoms with Crippen LogP contribution in [-0.4, -0.2) is 21.7 Å². The van der Waals surface area contributed by atoms with Crippen molar-refractivity contribution in [3.63, 3.8) is 0 Å². The summed E-state index contributed by atoms with van der Waals surface area (Å²) < 4.78 is 0. The SMILES string of the molecule is O=C(Cc1c[nH]c2ccccc12)NNC(=O)c1ccc(NCc2ccccc2Cl)c([N+](=O)[O-])c1. The van der Waals surface area contributed by atoms with Gasteiger partial charge in [-0.05, 0) is 35.4 Å². The molecule has 34 heavy (non-hydrogen) atoms. The number of anilines is 1. The van der Waals surface area contributed by atoms with Crippen molar-refractivity contribution < 1.29 is 14.5 Å². The molecule has 0 aliphatic rings. The number of amides is 2. The van der Waals surface area contributed by atoms with Gasteiger partial charge >= 0.3 is 0 Å². The average Bonchev–Trinajstić information content (AvgIpc) is 3.24. The first kappa shape index (κ1) is 22.8. The van der Waals surface area contributed by atoms with Gasteiger partial charge < -0.3 is 10.3 Å². The molecule has 0 bridgehead atoms. The monoisotopic (exact) mass is 477 g/mol. The van der Waals surface area contributed by atoms with E-state index in [1.54, 1.807) is 18.3 Å². The van der Waals surface area contributed by atoms with Crippen LogP contribution in [0.15, 0.2) is 72.9 Å². The molecule has 0 saturated carbocycles. The van der Waals surface area contributed by atoms with Crippen LogP contribution in [0, 0.1) is 10.1 Å². The molecule has 4 aromatic rings. The summed E-state index contributed by atoms with van der Waals surface area (Å²) in [5, 5.41) is 16.0. The van der Waals surface area contributed by atoms with Crippen molar-refractivity contribution in [2.75, 3.05) is 5.32 Å². The van der Waals surface area contributed by atoms with Gasteiger partial charge in [0.15, 0.2) is 0 Å². The summed E-state index contributed by atoms with van der Waals surface area (Å²) in [6.07, 6.45) is 1.79. The second-order valence-corrected chi connectivity index (χ2v) is 7.88. The van der Waals surface area contributed by atoms with Crippen molar-refractivity contribution in [3.05, 3.63) is 105 Å². The Morgan fingerprint density at radius 2 is 1.74 bits per heavy atom. The first-order valence-corrected chi connectivity index (χ1v) is 10.7. The van der Waals surface area contributed by atoms with Crippen LogP contribution >= 0.6 is 11.6 Å². The normalized spacial score (nSPS) is 10.6. The molecule has 0 radical (unpaired) electrons. The Balaban J connectivity index is 1.39.